The Morgan fingerprint density at radius 2 is 1.69 bits per heavy atom. The van der Waals surface area contributed by atoms with Crippen molar-refractivity contribution in [2.75, 3.05) is 13.2 Å². The maximum Gasteiger partial charge on any atom is 0.338 e. The van der Waals surface area contributed by atoms with Crippen molar-refractivity contribution in [3.63, 3.8) is 0 Å². The molecular weight excluding hydrogens is 835 g/mol. The fourth-order valence-corrected chi connectivity index (χ4v) is 10.7. The van der Waals surface area contributed by atoms with Gasteiger partial charge in [-0.2, -0.15) is 15.4 Å². The molecule has 11 rings (SSSR count). The van der Waals surface area contributed by atoms with Gasteiger partial charge in [0.05, 0.1) is 45.8 Å². The van der Waals surface area contributed by atoms with E-state index in [1.165, 1.54) is 21.5 Å². The highest BCUT2D eigenvalue weighted by atomic mass is 19.1. The van der Waals surface area contributed by atoms with E-state index in [1.54, 1.807) is 65.6 Å². The van der Waals surface area contributed by atoms with Gasteiger partial charge in [0, 0.05) is 55.5 Å². The first kappa shape index (κ1) is 40.9. The standard InChI is InChI=1S/C48H48F2N10O5/c1-25-18-32(19-26(2)40(25)49)60-42(58-16-15-57(46(58)63)37-11-10-36-33(41(37)50)24-51-55(36)7)39-28(4)56(14-12-34(39)53-60)43(61)38-21-31-20-29(30-13-17-64-47(5,6)23-30)8-9-35(31)59(38)48(22-27(48)3)44-52-45(62)65-54-44/h8-11,15-16,18-21,24,27-28,30H,12-14,17,22-23H2,1-7H3,(H,52,54,62)/p-1/t27-,28-,30-,48-/m0/s1. The number of imidazole rings is 1. The van der Waals surface area contributed by atoms with Crippen LogP contribution in [0, 0.1) is 31.4 Å². The van der Waals surface area contributed by atoms with E-state index >= 15 is 13.6 Å². The molecule has 0 radical (unpaired) electrons. The van der Waals surface area contributed by atoms with Crippen molar-refractivity contribution in [1.29, 1.82) is 0 Å². The number of hydrogen-bond donors (Lipinski definition) is 0. The Bertz CT molecular complexity index is 3310. The molecular formula is C48H47F2N10O5-. The summed E-state index contributed by atoms with van der Waals surface area (Å²) in [7, 11) is 1.72. The molecule has 0 unspecified atom stereocenters. The van der Waals surface area contributed by atoms with Gasteiger partial charge in [-0.3, -0.25) is 18.6 Å². The van der Waals surface area contributed by atoms with Gasteiger partial charge in [-0.25, -0.2) is 23.2 Å². The fraction of sp³-hybridized carbons (Fsp3) is 0.375. The van der Waals surface area contributed by atoms with Crippen LogP contribution >= 0.6 is 0 Å². The molecule has 5 aromatic heterocycles. The summed E-state index contributed by atoms with van der Waals surface area (Å²) in [6.07, 6.45) is 6.32. The quantitative estimate of drug-likeness (QED) is 0.161. The first-order chi connectivity index (χ1) is 31.1. The number of benzene rings is 3. The maximum atomic E-state index is 16.1. The summed E-state index contributed by atoms with van der Waals surface area (Å²) in [5.41, 5.74) is 3.78. The van der Waals surface area contributed by atoms with Gasteiger partial charge >= 0.3 is 5.69 Å². The normalized spacial score (nSPS) is 21.7. The summed E-state index contributed by atoms with van der Waals surface area (Å²) in [6.45, 7) is 12.4. The van der Waals surface area contributed by atoms with Gasteiger partial charge in [-0.1, -0.05) is 13.0 Å². The van der Waals surface area contributed by atoms with Crippen LogP contribution in [-0.4, -0.2) is 73.0 Å². The lowest BCUT2D eigenvalue weighted by molar-refractivity contribution is -0.303. The molecule has 2 aliphatic heterocycles. The van der Waals surface area contributed by atoms with Crippen LogP contribution in [0.25, 0.3) is 39.0 Å². The van der Waals surface area contributed by atoms with E-state index in [2.05, 4.69) is 41.2 Å². The van der Waals surface area contributed by atoms with Crippen molar-refractivity contribution in [3.8, 4) is 23.3 Å². The Balaban J connectivity index is 1.06. The lowest BCUT2D eigenvalue weighted by Crippen LogP contribution is -2.41. The molecule has 65 heavy (non-hydrogen) atoms. The molecule has 17 heteroatoms. The highest BCUT2D eigenvalue weighted by Gasteiger charge is 2.59. The Morgan fingerprint density at radius 3 is 2.40 bits per heavy atom. The van der Waals surface area contributed by atoms with E-state index in [1.807, 2.05) is 30.5 Å². The third-order valence-electron chi connectivity index (χ3n) is 14.2. The van der Waals surface area contributed by atoms with Crippen LogP contribution in [0.15, 0.2) is 76.4 Å². The molecule has 15 nitrogen and oxygen atoms in total. The average molecular weight is 882 g/mol. The molecule has 4 atom stereocenters. The number of nitrogens with zero attached hydrogens (tertiary/aromatic N) is 10. The number of rotatable bonds is 7. The van der Waals surface area contributed by atoms with Gasteiger partial charge < -0.3 is 23.8 Å². The molecule has 0 bridgehead atoms. The molecule has 1 amide bonds. The molecule has 3 aromatic carbocycles. The van der Waals surface area contributed by atoms with Crippen molar-refractivity contribution < 1.29 is 27.9 Å². The molecule has 3 aliphatic rings. The number of aryl methyl sites for hydroxylation is 3. The summed E-state index contributed by atoms with van der Waals surface area (Å²) in [6, 6.07) is 14.2. The predicted molar refractivity (Wildman–Crippen MR) is 234 cm³/mol. The second-order valence-corrected chi connectivity index (χ2v) is 18.7. The van der Waals surface area contributed by atoms with Gasteiger partial charge in [-0.15, -0.1) is 0 Å². The zero-order valence-electron chi connectivity index (χ0n) is 37.1. The minimum atomic E-state index is -0.913. The molecule has 2 fully saturated rings. The fourth-order valence-electron chi connectivity index (χ4n) is 10.7. The van der Waals surface area contributed by atoms with Crippen LogP contribution in [0.1, 0.15) is 103 Å². The number of ether oxygens (including phenoxy) is 1. The Hall–Kier alpha value is -6.88. The number of hydrogen-bond acceptors (Lipinski definition) is 9. The highest BCUT2D eigenvalue weighted by Crippen LogP contribution is 2.56. The van der Waals surface area contributed by atoms with Crippen LogP contribution in [-0.2, 0) is 23.7 Å². The third-order valence-corrected chi connectivity index (χ3v) is 14.2. The van der Waals surface area contributed by atoms with Crippen molar-refractivity contribution in [3.05, 3.63) is 129 Å². The first-order valence-electron chi connectivity index (χ1n) is 22.0. The zero-order valence-corrected chi connectivity index (χ0v) is 37.1. The summed E-state index contributed by atoms with van der Waals surface area (Å²) in [4.78, 5) is 36.2. The first-order valence-corrected chi connectivity index (χ1v) is 22.0. The second-order valence-electron chi connectivity index (χ2n) is 18.7. The Morgan fingerprint density at radius 1 is 0.954 bits per heavy atom. The second kappa shape index (κ2) is 14.3. The Labute approximate surface area is 371 Å². The monoisotopic (exact) mass is 881 g/mol. The largest absolute Gasteiger partial charge is 0.528 e. The number of halogens is 2. The minimum Gasteiger partial charge on any atom is -0.528 e. The summed E-state index contributed by atoms with van der Waals surface area (Å²) < 4.78 is 50.1. The molecule has 334 valence electrons. The summed E-state index contributed by atoms with van der Waals surface area (Å²) in [5, 5.41) is 26.9. The van der Waals surface area contributed by atoms with Gasteiger partial charge in [0.15, 0.2) is 17.7 Å². The van der Waals surface area contributed by atoms with Crippen molar-refractivity contribution in [2.24, 2.45) is 13.0 Å². The predicted octanol–water partition coefficient (Wildman–Crippen LogP) is 7.22. The van der Waals surface area contributed by atoms with Crippen LogP contribution < -0.4 is 10.8 Å². The molecule has 1 saturated carbocycles. The highest BCUT2D eigenvalue weighted by molar-refractivity contribution is 6.00. The van der Waals surface area contributed by atoms with E-state index in [4.69, 9.17) is 14.4 Å². The van der Waals surface area contributed by atoms with E-state index in [0.29, 0.717) is 64.5 Å². The number of aromatic nitrogens is 9. The SMILES string of the molecule is Cc1cc(-n2nc3c(c2-n2ccn(-c4ccc5c(cnn5C)c4F)c2=O)[C@H](C)N(C(=O)c2cc4cc([C@H]5CCOC(C)(C)C5)ccc4n2[C@@]2(c4noc([O-])n4)C[C@@H]2C)CC3)cc(C)c1F. The lowest BCUT2D eigenvalue weighted by Gasteiger charge is -2.35. The number of amides is 1. The Kier molecular flexibility index (Phi) is 9.00. The van der Waals surface area contributed by atoms with E-state index in [-0.39, 0.29) is 52.6 Å². The van der Waals surface area contributed by atoms with Gasteiger partial charge in [0.1, 0.15) is 22.9 Å². The maximum absolute atomic E-state index is 16.1. The van der Waals surface area contributed by atoms with E-state index in [0.717, 1.165) is 29.3 Å². The number of fused-ring (bicyclic) bond motifs is 3. The molecule has 1 aliphatic carbocycles. The summed E-state index contributed by atoms with van der Waals surface area (Å²) >= 11 is 0. The number of carbonyl (C=O) groups excluding carboxylic acids is 1. The van der Waals surface area contributed by atoms with Crippen LogP contribution in [0.5, 0.6) is 6.08 Å². The molecule has 7 heterocycles. The minimum absolute atomic E-state index is 0.0323. The van der Waals surface area contributed by atoms with Crippen molar-refractivity contribution in [1.82, 2.24) is 48.3 Å². The summed E-state index contributed by atoms with van der Waals surface area (Å²) in [5.74, 6) is -0.435. The molecule has 8 aromatic rings. The molecule has 0 N–H and O–H groups in total. The smallest absolute Gasteiger partial charge is 0.338 e. The van der Waals surface area contributed by atoms with Gasteiger partial charge in [0.25, 0.3) is 5.91 Å². The van der Waals surface area contributed by atoms with Crippen LogP contribution in [0.3, 0.4) is 0 Å². The van der Waals surface area contributed by atoms with Crippen molar-refractivity contribution >= 4 is 27.7 Å². The van der Waals surface area contributed by atoms with Crippen LogP contribution in [0.2, 0.25) is 0 Å². The topological polar surface area (TPSA) is 159 Å². The lowest BCUT2D eigenvalue weighted by atomic mass is 9.83. The van der Waals surface area contributed by atoms with Crippen molar-refractivity contribution in [2.45, 2.75) is 90.3 Å². The van der Waals surface area contributed by atoms with Crippen LogP contribution in [0.4, 0.5) is 8.78 Å². The van der Waals surface area contributed by atoms with E-state index in [9.17, 15) is 9.90 Å². The van der Waals surface area contributed by atoms with E-state index < -0.39 is 29.2 Å². The van der Waals surface area contributed by atoms with Gasteiger partial charge in [0.2, 0.25) is 0 Å². The zero-order chi connectivity index (χ0) is 45.4. The third kappa shape index (κ3) is 6.14. The average Bonchev–Trinajstić information content (AvgIpc) is 3.90. The molecule has 0 spiro atoms. The molecule has 1 saturated heterocycles. The number of carbonyl (C=O) groups is 1. The van der Waals surface area contributed by atoms with Gasteiger partial charge in [-0.05, 0) is 125 Å².